The first kappa shape index (κ1) is 21.9. The molecule has 1 heterocycles. The summed E-state index contributed by atoms with van der Waals surface area (Å²) in [6.07, 6.45) is 0. The van der Waals surface area contributed by atoms with Gasteiger partial charge in [-0.3, -0.25) is 9.48 Å². The van der Waals surface area contributed by atoms with Crippen molar-refractivity contribution in [3.63, 3.8) is 0 Å². The summed E-state index contributed by atoms with van der Waals surface area (Å²) in [5, 5.41) is 22.6. The molecule has 6 nitrogen and oxygen atoms in total. The molecule has 0 saturated carbocycles. The van der Waals surface area contributed by atoms with Crippen LogP contribution in [0, 0.1) is 0 Å². The van der Waals surface area contributed by atoms with Gasteiger partial charge in [0.05, 0.1) is 5.56 Å². The smallest absolute Gasteiger partial charge is 0.335 e. The van der Waals surface area contributed by atoms with Crippen LogP contribution in [0.15, 0.2) is 54.6 Å². The Morgan fingerprint density at radius 2 is 1.52 bits per heavy atom. The molecule has 1 aromatic heterocycles. The number of rotatable bonds is 3. The maximum atomic E-state index is 11.4. The van der Waals surface area contributed by atoms with E-state index in [1.165, 1.54) is 17.2 Å². The molecule has 3 aromatic rings. The van der Waals surface area contributed by atoms with Crippen LogP contribution in [0.4, 0.5) is 0 Å². The summed E-state index contributed by atoms with van der Waals surface area (Å²) < 4.78 is 1.54. The third-order valence-electron chi connectivity index (χ3n) is 4.40. The number of carboxylic acid groups (broad SMARTS) is 1. The second-order valence-corrected chi connectivity index (χ2v) is 7.72. The van der Waals surface area contributed by atoms with Gasteiger partial charge in [-0.15, -0.1) is 0 Å². The van der Waals surface area contributed by atoms with E-state index in [4.69, 9.17) is 5.11 Å². The molecule has 0 amide bonds. The zero-order chi connectivity index (χ0) is 21.8. The van der Waals surface area contributed by atoms with Crippen molar-refractivity contribution in [2.75, 3.05) is 0 Å². The molecule has 0 aliphatic carbocycles. The number of carbonyl (C=O) groups excluding carboxylic acids is 1. The van der Waals surface area contributed by atoms with Crippen molar-refractivity contribution in [2.45, 2.75) is 33.1 Å². The Kier molecular flexibility index (Phi) is 6.59. The Morgan fingerprint density at radius 1 is 0.966 bits per heavy atom. The van der Waals surface area contributed by atoms with E-state index in [-0.39, 0.29) is 22.6 Å². The molecule has 0 aliphatic rings. The molecule has 2 aromatic carbocycles. The van der Waals surface area contributed by atoms with Crippen molar-refractivity contribution in [1.82, 2.24) is 9.78 Å². The number of ketones is 1. The number of nitrogens with zero attached hydrogens (tertiary/aromatic N) is 2. The lowest BCUT2D eigenvalue weighted by atomic mass is 9.86. The van der Waals surface area contributed by atoms with E-state index < -0.39 is 5.97 Å². The Morgan fingerprint density at radius 3 is 1.90 bits per heavy atom. The molecule has 0 radical (unpaired) electrons. The summed E-state index contributed by atoms with van der Waals surface area (Å²) in [4.78, 5) is 21.6. The fourth-order valence-electron chi connectivity index (χ4n) is 2.78. The number of aromatic hydroxyl groups is 1. The average molecular weight is 394 g/mol. The van der Waals surface area contributed by atoms with Crippen LogP contribution in [0.1, 0.15) is 54.1 Å². The van der Waals surface area contributed by atoms with Crippen LogP contribution in [0.5, 0.6) is 5.75 Å². The van der Waals surface area contributed by atoms with Crippen LogP contribution in [0.25, 0.3) is 11.3 Å². The lowest BCUT2D eigenvalue weighted by molar-refractivity contribution is 0.0696. The van der Waals surface area contributed by atoms with Gasteiger partial charge in [0.15, 0.2) is 17.2 Å². The monoisotopic (exact) mass is 394 g/mol. The first-order chi connectivity index (χ1) is 13.5. The Bertz CT molecular complexity index is 998. The van der Waals surface area contributed by atoms with Crippen LogP contribution in [-0.4, -0.2) is 31.7 Å². The van der Waals surface area contributed by atoms with Gasteiger partial charge < -0.3 is 10.2 Å². The average Bonchev–Trinajstić information content (AvgIpc) is 2.97. The highest BCUT2D eigenvalue weighted by Gasteiger charge is 2.20. The first-order valence-corrected chi connectivity index (χ1v) is 9.18. The predicted molar refractivity (Wildman–Crippen MR) is 112 cm³/mol. The lowest BCUT2D eigenvalue weighted by Gasteiger charge is -2.19. The molecule has 152 valence electrons. The van der Waals surface area contributed by atoms with Crippen molar-refractivity contribution >= 4 is 11.8 Å². The maximum absolute atomic E-state index is 11.4. The Labute approximate surface area is 170 Å². The number of Topliss-reactive ketones (excluding diaryl/α,β-unsaturated/α-hetero) is 1. The molecule has 0 bridgehead atoms. The number of hydrogen-bond donors (Lipinski definition) is 2. The van der Waals surface area contributed by atoms with Gasteiger partial charge >= 0.3 is 5.97 Å². The quantitative estimate of drug-likeness (QED) is 0.629. The van der Waals surface area contributed by atoms with Gasteiger partial charge in [-0.05, 0) is 23.1 Å². The zero-order valence-electron chi connectivity index (χ0n) is 17.3. The third kappa shape index (κ3) is 5.31. The van der Waals surface area contributed by atoms with Crippen LogP contribution in [-0.2, 0) is 12.5 Å². The van der Waals surface area contributed by atoms with Crippen LogP contribution >= 0.6 is 0 Å². The second-order valence-electron chi connectivity index (χ2n) is 7.72. The number of hydrogen-bond acceptors (Lipinski definition) is 4. The largest absolute Gasteiger partial charge is 0.504 e. The molecule has 2 N–H and O–H groups in total. The van der Waals surface area contributed by atoms with Gasteiger partial charge in [-0.1, -0.05) is 63.2 Å². The van der Waals surface area contributed by atoms with Gasteiger partial charge in [-0.2, -0.15) is 5.10 Å². The van der Waals surface area contributed by atoms with Crippen LogP contribution < -0.4 is 0 Å². The van der Waals surface area contributed by atoms with E-state index in [0.29, 0.717) is 11.3 Å². The number of carboxylic acids is 1. The number of aromatic carboxylic acids is 1. The van der Waals surface area contributed by atoms with Crippen molar-refractivity contribution < 1.29 is 19.8 Å². The predicted octanol–water partition coefficient (Wildman–Crippen LogP) is 4.68. The van der Waals surface area contributed by atoms with E-state index in [2.05, 4.69) is 25.9 Å². The molecular formula is C23H26N2O4. The van der Waals surface area contributed by atoms with Crippen LogP contribution in [0.2, 0.25) is 0 Å². The zero-order valence-corrected chi connectivity index (χ0v) is 17.3. The van der Waals surface area contributed by atoms with Crippen molar-refractivity contribution in [3.8, 4) is 17.0 Å². The molecule has 0 atom stereocenters. The van der Waals surface area contributed by atoms with Gasteiger partial charge in [0.25, 0.3) is 0 Å². The molecule has 0 fully saturated rings. The number of carbonyl (C=O) groups is 2. The third-order valence-corrected chi connectivity index (χ3v) is 4.40. The first-order valence-electron chi connectivity index (χ1n) is 9.18. The highest BCUT2D eigenvalue weighted by Crippen LogP contribution is 2.33. The minimum absolute atomic E-state index is 0.0523. The van der Waals surface area contributed by atoms with Crippen molar-refractivity contribution in [3.05, 3.63) is 71.4 Å². The van der Waals surface area contributed by atoms with Gasteiger partial charge in [0.2, 0.25) is 0 Å². The fourth-order valence-corrected chi connectivity index (χ4v) is 2.78. The molecule has 0 spiro atoms. The molecule has 6 heteroatoms. The van der Waals surface area contributed by atoms with Crippen molar-refractivity contribution in [1.29, 1.82) is 0 Å². The van der Waals surface area contributed by atoms with E-state index in [9.17, 15) is 14.7 Å². The molecule has 0 saturated heterocycles. The standard InChI is InChI=1S/C16H20N2O2.C7H6O2/c1-10(19)13-15(20)14(18(5)17-13)11-6-8-12(9-7-11)16(2,3)4;8-7(9)6-4-2-1-3-5-6/h6-9,20H,1-5H3;1-5H,(H,8,9). The fraction of sp³-hybridized carbons (Fsp3) is 0.261. The summed E-state index contributed by atoms with van der Waals surface area (Å²) >= 11 is 0. The topological polar surface area (TPSA) is 92.4 Å². The van der Waals surface area contributed by atoms with Gasteiger partial charge in [0.1, 0.15) is 5.69 Å². The summed E-state index contributed by atoms with van der Waals surface area (Å²) in [7, 11) is 1.72. The van der Waals surface area contributed by atoms with E-state index in [1.807, 2.05) is 24.3 Å². The van der Waals surface area contributed by atoms with Gasteiger partial charge in [0, 0.05) is 19.5 Å². The van der Waals surface area contributed by atoms with Crippen molar-refractivity contribution in [2.24, 2.45) is 7.05 Å². The highest BCUT2D eigenvalue weighted by molar-refractivity contribution is 5.97. The molecule has 0 aliphatic heterocycles. The van der Waals surface area contributed by atoms with Crippen LogP contribution in [0.3, 0.4) is 0 Å². The summed E-state index contributed by atoms with van der Waals surface area (Å²) in [6.45, 7) is 7.85. The van der Waals surface area contributed by atoms with E-state index >= 15 is 0 Å². The Balaban J connectivity index is 0.000000278. The highest BCUT2D eigenvalue weighted by atomic mass is 16.4. The molecular weight excluding hydrogens is 368 g/mol. The normalized spacial score (nSPS) is 10.8. The summed E-state index contributed by atoms with van der Waals surface area (Å²) in [5.41, 5.74) is 3.15. The number of aromatic nitrogens is 2. The van der Waals surface area contributed by atoms with Gasteiger partial charge in [-0.25, -0.2) is 4.79 Å². The second kappa shape index (κ2) is 8.73. The lowest BCUT2D eigenvalue weighted by Crippen LogP contribution is -2.10. The van der Waals surface area contributed by atoms with E-state index in [1.54, 1.807) is 37.4 Å². The summed E-state index contributed by atoms with van der Waals surface area (Å²) in [5.74, 6) is -1.17. The summed E-state index contributed by atoms with van der Waals surface area (Å²) in [6, 6.07) is 16.3. The Hall–Kier alpha value is -3.41. The maximum Gasteiger partial charge on any atom is 0.335 e. The number of aryl methyl sites for hydroxylation is 1. The van der Waals surface area contributed by atoms with E-state index in [0.717, 1.165) is 5.56 Å². The minimum Gasteiger partial charge on any atom is -0.504 e. The SMILES string of the molecule is CC(=O)c1nn(C)c(-c2ccc(C(C)(C)C)cc2)c1O.O=C(O)c1ccccc1. The minimum atomic E-state index is -0.879. The molecule has 29 heavy (non-hydrogen) atoms. The number of benzene rings is 2. The molecule has 0 unspecified atom stereocenters. The molecule has 3 rings (SSSR count).